The Bertz CT molecular complexity index is 555. The van der Waals surface area contributed by atoms with Crippen LogP contribution in [0.25, 0.3) is 0 Å². The second-order valence-corrected chi connectivity index (χ2v) is 5.52. The van der Waals surface area contributed by atoms with Crippen LogP contribution >= 0.6 is 11.3 Å². The van der Waals surface area contributed by atoms with Crippen molar-refractivity contribution in [1.82, 2.24) is 15.6 Å². The Morgan fingerprint density at radius 1 is 1.38 bits per heavy atom. The number of nitrogens with one attached hydrogen (secondary N) is 2. The zero-order valence-electron chi connectivity index (χ0n) is 12.1. The van der Waals surface area contributed by atoms with Crippen molar-refractivity contribution < 1.29 is 9.53 Å². The van der Waals surface area contributed by atoms with Gasteiger partial charge in [-0.2, -0.15) is 0 Å². The van der Waals surface area contributed by atoms with Crippen LogP contribution in [0.4, 0.5) is 0 Å². The van der Waals surface area contributed by atoms with Crippen LogP contribution in [0.3, 0.4) is 0 Å². The van der Waals surface area contributed by atoms with Crippen LogP contribution in [-0.4, -0.2) is 24.5 Å². The molecule has 2 rings (SSSR count). The van der Waals surface area contributed by atoms with Gasteiger partial charge in [-0.15, -0.1) is 11.3 Å². The number of methoxy groups -OCH3 is 1. The second-order valence-electron chi connectivity index (χ2n) is 4.60. The molecular formula is C15H19N3O2S. The van der Waals surface area contributed by atoms with Crippen LogP contribution in [0.1, 0.15) is 23.5 Å². The van der Waals surface area contributed by atoms with Gasteiger partial charge in [-0.1, -0.05) is 12.1 Å². The minimum Gasteiger partial charge on any atom is -0.497 e. The van der Waals surface area contributed by atoms with E-state index in [4.69, 9.17) is 4.74 Å². The molecule has 1 aromatic carbocycles. The molecule has 2 aromatic rings. The van der Waals surface area contributed by atoms with Gasteiger partial charge in [0.1, 0.15) is 10.8 Å². The maximum Gasteiger partial charge on any atom is 0.234 e. The first kappa shape index (κ1) is 15.5. The van der Waals surface area contributed by atoms with Gasteiger partial charge < -0.3 is 10.1 Å². The SMILES string of the molecule is COc1ccc(CNC(=O)CN[C@H](C)c2nccs2)cc1. The van der Waals surface area contributed by atoms with Gasteiger partial charge in [0.05, 0.1) is 19.7 Å². The van der Waals surface area contributed by atoms with Crippen molar-refractivity contribution in [2.75, 3.05) is 13.7 Å². The normalized spacial score (nSPS) is 11.9. The summed E-state index contributed by atoms with van der Waals surface area (Å²) in [5.74, 6) is 0.776. The average molecular weight is 305 g/mol. The quantitative estimate of drug-likeness (QED) is 0.822. The van der Waals surface area contributed by atoms with E-state index in [0.717, 1.165) is 16.3 Å². The Kier molecular flexibility index (Phi) is 5.71. The summed E-state index contributed by atoms with van der Waals surface area (Å²) in [4.78, 5) is 16.0. The van der Waals surface area contributed by atoms with Gasteiger partial charge >= 0.3 is 0 Å². The number of nitrogens with zero attached hydrogens (tertiary/aromatic N) is 1. The third-order valence-corrected chi connectivity index (χ3v) is 4.00. The van der Waals surface area contributed by atoms with Crippen LogP contribution in [-0.2, 0) is 11.3 Å². The summed E-state index contributed by atoms with van der Waals surface area (Å²) in [6, 6.07) is 7.71. The van der Waals surface area contributed by atoms with Crippen molar-refractivity contribution in [3.8, 4) is 5.75 Å². The highest BCUT2D eigenvalue weighted by Gasteiger charge is 2.09. The average Bonchev–Trinajstić information content (AvgIpc) is 3.05. The summed E-state index contributed by atoms with van der Waals surface area (Å²) < 4.78 is 5.09. The largest absolute Gasteiger partial charge is 0.497 e. The van der Waals surface area contributed by atoms with Crippen LogP contribution in [0.2, 0.25) is 0 Å². The lowest BCUT2D eigenvalue weighted by Crippen LogP contribution is -2.34. The van der Waals surface area contributed by atoms with E-state index in [9.17, 15) is 4.79 Å². The van der Waals surface area contributed by atoms with Crippen molar-refractivity contribution in [2.24, 2.45) is 0 Å². The number of rotatable bonds is 7. The third-order valence-electron chi connectivity index (χ3n) is 3.04. The van der Waals surface area contributed by atoms with E-state index in [1.165, 1.54) is 0 Å². The molecule has 0 fully saturated rings. The molecule has 0 aliphatic carbocycles. The fourth-order valence-corrected chi connectivity index (χ4v) is 2.46. The number of carbonyl (C=O) groups excluding carboxylic acids is 1. The lowest BCUT2D eigenvalue weighted by atomic mass is 10.2. The van der Waals surface area contributed by atoms with E-state index in [0.29, 0.717) is 6.54 Å². The van der Waals surface area contributed by atoms with Crippen LogP contribution in [0.5, 0.6) is 5.75 Å². The van der Waals surface area contributed by atoms with E-state index in [2.05, 4.69) is 15.6 Å². The summed E-state index contributed by atoms with van der Waals surface area (Å²) in [5.41, 5.74) is 1.04. The molecule has 0 bridgehead atoms. The summed E-state index contributed by atoms with van der Waals surface area (Å²) >= 11 is 1.58. The van der Waals surface area contributed by atoms with Crippen LogP contribution in [0, 0.1) is 0 Å². The second kappa shape index (κ2) is 7.75. The summed E-state index contributed by atoms with van der Waals surface area (Å²) in [5, 5.41) is 8.95. The van der Waals surface area contributed by atoms with E-state index >= 15 is 0 Å². The van der Waals surface area contributed by atoms with E-state index in [1.54, 1.807) is 24.6 Å². The summed E-state index contributed by atoms with van der Waals surface area (Å²) in [7, 11) is 1.63. The minimum atomic E-state index is -0.0331. The highest BCUT2D eigenvalue weighted by atomic mass is 32.1. The first-order valence-electron chi connectivity index (χ1n) is 6.71. The molecule has 0 saturated carbocycles. The number of aromatic nitrogens is 1. The molecule has 0 saturated heterocycles. The number of hydrogen-bond donors (Lipinski definition) is 2. The highest BCUT2D eigenvalue weighted by molar-refractivity contribution is 7.09. The standard InChI is InChI=1S/C15H19N3O2S/c1-11(15-16-7-8-21-15)17-10-14(19)18-9-12-3-5-13(20-2)6-4-12/h3-8,11,17H,9-10H2,1-2H3,(H,18,19)/t11-/m1/s1. The van der Waals surface area contributed by atoms with Crippen LogP contribution in [0.15, 0.2) is 35.8 Å². The number of benzene rings is 1. The van der Waals surface area contributed by atoms with Gasteiger partial charge in [0.25, 0.3) is 0 Å². The zero-order chi connectivity index (χ0) is 15.1. The predicted octanol–water partition coefficient (Wildman–Crippen LogP) is 2.12. The fourth-order valence-electron chi connectivity index (χ4n) is 1.79. The zero-order valence-corrected chi connectivity index (χ0v) is 12.9. The molecule has 5 nitrogen and oxygen atoms in total. The molecule has 6 heteroatoms. The Labute approximate surface area is 128 Å². The Morgan fingerprint density at radius 2 is 2.14 bits per heavy atom. The minimum absolute atomic E-state index is 0.0331. The number of thiazole rings is 1. The van der Waals surface area contributed by atoms with E-state index < -0.39 is 0 Å². The van der Waals surface area contributed by atoms with Gasteiger partial charge in [-0.05, 0) is 24.6 Å². The molecular weight excluding hydrogens is 286 g/mol. The Morgan fingerprint density at radius 3 is 2.76 bits per heavy atom. The van der Waals surface area contributed by atoms with Crippen molar-refractivity contribution in [3.05, 3.63) is 46.4 Å². The number of carbonyl (C=O) groups is 1. The van der Waals surface area contributed by atoms with E-state index in [1.807, 2.05) is 36.6 Å². The Hall–Kier alpha value is -1.92. The molecule has 0 unspecified atom stereocenters. The van der Waals surface area contributed by atoms with Crippen molar-refractivity contribution in [3.63, 3.8) is 0 Å². The molecule has 1 amide bonds. The number of hydrogen-bond acceptors (Lipinski definition) is 5. The molecule has 0 spiro atoms. The lowest BCUT2D eigenvalue weighted by molar-refractivity contribution is -0.120. The van der Waals surface area contributed by atoms with Crippen molar-refractivity contribution >= 4 is 17.2 Å². The molecule has 0 radical (unpaired) electrons. The Balaban J connectivity index is 1.71. The lowest BCUT2D eigenvalue weighted by Gasteiger charge is -2.11. The van der Waals surface area contributed by atoms with Gasteiger partial charge in [0.2, 0.25) is 5.91 Å². The summed E-state index contributed by atoms with van der Waals surface area (Å²) in [6.07, 6.45) is 1.77. The topological polar surface area (TPSA) is 63.2 Å². The molecule has 0 aliphatic rings. The summed E-state index contributed by atoms with van der Waals surface area (Å²) in [6.45, 7) is 2.78. The van der Waals surface area contributed by atoms with Crippen molar-refractivity contribution in [1.29, 1.82) is 0 Å². The number of amides is 1. The number of ether oxygens (including phenoxy) is 1. The van der Waals surface area contributed by atoms with Crippen molar-refractivity contribution in [2.45, 2.75) is 19.5 Å². The van der Waals surface area contributed by atoms with Crippen LogP contribution < -0.4 is 15.4 Å². The monoisotopic (exact) mass is 305 g/mol. The van der Waals surface area contributed by atoms with Gasteiger partial charge in [0.15, 0.2) is 0 Å². The smallest absolute Gasteiger partial charge is 0.234 e. The first-order chi connectivity index (χ1) is 10.2. The predicted molar refractivity (Wildman–Crippen MR) is 83.4 cm³/mol. The third kappa shape index (κ3) is 4.84. The molecule has 1 aromatic heterocycles. The van der Waals surface area contributed by atoms with Gasteiger partial charge in [0, 0.05) is 18.1 Å². The molecule has 21 heavy (non-hydrogen) atoms. The molecule has 0 aliphatic heterocycles. The maximum absolute atomic E-state index is 11.8. The molecule has 2 N–H and O–H groups in total. The molecule has 1 heterocycles. The van der Waals surface area contributed by atoms with E-state index in [-0.39, 0.29) is 18.5 Å². The fraction of sp³-hybridized carbons (Fsp3) is 0.333. The van der Waals surface area contributed by atoms with Gasteiger partial charge in [-0.3, -0.25) is 10.1 Å². The van der Waals surface area contributed by atoms with Gasteiger partial charge in [-0.25, -0.2) is 4.98 Å². The molecule has 112 valence electrons. The highest BCUT2D eigenvalue weighted by Crippen LogP contribution is 2.14. The first-order valence-corrected chi connectivity index (χ1v) is 7.59. The maximum atomic E-state index is 11.8. The molecule has 1 atom stereocenters.